The Balaban J connectivity index is 0.783. The third-order valence-electron chi connectivity index (χ3n) is 13.5. The number of hydrogen-bond donors (Lipinski definition) is 10. The predicted octanol–water partition coefficient (Wildman–Crippen LogP) is -1.59. The number of ether oxygens (including phenoxy) is 4. The second kappa shape index (κ2) is 22.1. The van der Waals surface area contributed by atoms with E-state index in [2.05, 4.69) is 49.8 Å². The molecule has 81 heavy (non-hydrogen) atoms. The van der Waals surface area contributed by atoms with E-state index >= 15 is 0 Å². The van der Waals surface area contributed by atoms with E-state index in [0.717, 1.165) is 17.2 Å². The van der Waals surface area contributed by atoms with Crippen molar-refractivity contribution in [3.63, 3.8) is 0 Å². The molecule has 3 unspecified atom stereocenters. The first kappa shape index (κ1) is 56.5. The van der Waals surface area contributed by atoms with Crippen molar-refractivity contribution in [1.82, 2.24) is 68.1 Å². The van der Waals surface area contributed by atoms with Crippen LogP contribution in [-0.2, 0) is 59.8 Å². The highest BCUT2D eigenvalue weighted by Crippen LogP contribution is 2.54. The van der Waals surface area contributed by atoms with Crippen molar-refractivity contribution in [1.29, 1.82) is 0 Å². The van der Waals surface area contributed by atoms with Crippen LogP contribution < -0.4 is 34.0 Å². The van der Waals surface area contributed by atoms with Gasteiger partial charge in [0.2, 0.25) is 5.95 Å². The van der Waals surface area contributed by atoms with Gasteiger partial charge in [-0.3, -0.25) is 65.0 Å². The SMILES string of the molecule is Cc1cn([C@H]2C[C@H](OP(=O)(O)OC[C@H]3O[C@@H](n4cnc5c(N)ncnc54)C[C@@H]3OP(=O)(O)OC[C@H]3O[C@@H](n4cnc5c(N)ncnc54)C[C@@H]3OP(=O)(O)OC[C@H]3O[C@@H](n4cnc5c(=O)[nH]c(N)nc54)C[C@@H]3O)[C@@H](CO)O2)c(=O)[nH]c1=O. The molecular weight excluding hydrogens is 1150 g/mol. The van der Waals surface area contributed by atoms with Gasteiger partial charge in [0.25, 0.3) is 11.1 Å². The van der Waals surface area contributed by atoms with E-state index in [4.69, 9.17) is 63.3 Å². The van der Waals surface area contributed by atoms with E-state index in [0.29, 0.717) is 0 Å². The lowest BCUT2D eigenvalue weighted by atomic mass is 10.2. The number of aromatic amines is 2. The van der Waals surface area contributed by atoms with Crippen LogP contribution in [0.1, 0.15) is 56.2 Å². The fourth-order valence-corrected chi connectivity index (χ4v) is 12.5. The quantitative estimate of drug-likeness (QED) is 0.0385. The smallest absolute Gasteiger partial charge is 0.394 e. The summed E-state index contributed by atoms with van der Waals surface area (Å²) < 4.78 is 103. The average molecular weight is 1200 g/mol. The van der Waals surface area contributed by atoms with Crippen molar-refractivity contribution in [2.24, 2.45) is 0 Å². The van der Waals surface area contributed by atoms with Crippen molar-refractivity contribution < 1.29 is 84.7 Å². The molecule has 4 aliphatic heterocycles. The van der Waals surface area contributed by atoms with E-state index < -0.39 is 140 Å². The number of nitrogens with two attached hydrogens (primary N) is 3. The van der Waals surface area contributed by atoms with Crippen LogP contribution in [0.3, 0.4) is 0 Å². The van der Waals surface area contributed by atoms with Gasteiger partial charge < -0.3 is 61.0 Å². The van der Waals surface area contributed by atoms with E-state index in [1.807, 2.05) is 0 Å². The number of phosphoric acid groups is 3. The molecule has 436 valence electrons. The molecule has 41 heteroatoms. The lowest BCUT2D eigenvalue weighted by Gasteiger charge is -2.25. The normalized spacial score (nSPS) is 29.2. The van der Waals surface area contributed by atoms with E-state index in [-0.39, 0.29) is 82.3 Å². The predicted molar refractivity (Wildman–Crippen MR) is 267 cm³/mol. The van der Waals surface area contributed by atoms with Gasteiger partial charge in [-0.15, -0.1) is 0 Å². The fraction of sp³-hybridized carbons (Fsp3) is 0.525. The number of phosphoric ester groups is 3. The summed E-state index contributed by atoms with van der Waals surface area (Å²) in [5.41, 5.74) is 16.5. The highest BCUT2D eigenvalue weighted by Gasteiger charge is 2.48. The first-order valence-electron chi connectivity index (χ1n) is 24.3. The molecule has 4 aliphatic rings. The number of aromatic nitrogens is 14. The average Bonchev–Trinajstić information content (AvgIpc) is 4.39. The molecule has 38 nitrogen and oxygen atoms in total. The van der Waals surface area contributed by atoms with Gasteiger partial charge in [0, 0.05) is 37.4 Å². The minimum atomic E-state index is -5.32. The monoisotopic (exact) mass is 1200 g/mol. The zero-order chi connectivity index (χ0) is 57.3. The number of imidazole rings is 3. The Hall–Kier alpha value is -6.38. The number of aliphatic hydroxyl groups is 2. The van der Waals surface area contributed by atoms with Crippen molar-refractivity contribution in [2.75, 3.05) is 43.6 Å². The van der Waals surface area contributed by atoms with Gasteiger partial charge in [0.1, 0.15) is 91.3 Å². The molecule has 0 saturated carbocycles. The molecule has 4 saturated heterocycles. The highest BCUT2D eigenvalue weighted by atomic mass is 31.2. The Morgan fingerprint density at radius 3 is 1.53 bits per heavy atom. The van der Waals surface area contributed by atoms with Crippen molar-refractivity contribution in [3.8, 4) is 0 Å². The van der Waals surface area contributed by atoms with Crippen LogP contribution in [0.15, 0.2) is 52.2 Å². The number of nitrogen functional groups attached to an aromatic ring is 3. The topological polar surface area (TPSA) is 528 Å². The zero-order valence-electron chi connectivity index (χ0n) is 41.8. The number of hydrogen-bond acceptors (Lipinski definition) is 29. The van der Waals surface area contributed by atoms with Crippen LogP contribution in [0.5, 0.6) is 0 Å². The fourth-order valence-electron chi connectivity index (χ4n) is 9.67. The summed E-state index contributed by atoms with van der Waals surface area (Å²) in [6.07, 6.45) is -8.97. The van der Waals surface area contributed by atoms with Crippen LogP contribution in [0.2, 0.25) is 0 Å². The Morgan fingerprint density at radius 2 is 1.01 bits per heavy atom. The summed E-state index contributed by atoms with van der Waals surface area (Å²) in [5.74, 6) is -0.170. The van der Waals surface area contributed by atoms with Crippen LogP contribution in [0.25, 0.3) is 33.5 Å². The third-order valence-corrected chi connectivity index (χ3v) is 16.6. The second-order valence-electron chi connectivity index (χ2n) is 18.9. The first-order chi connectivity index (χ1) is 38.5. The third kappa shape index (κ3) is 11.7. The maximum absolute atomic E-state index is 14.1. The molecule has 11 rings (SSSR count). The molecule has 0 amide bonds. The number of anilines is 3. The summed E-state index contributed by atoms with van der Waals surface area (Å²) in [6, 6.07) is 0. The van der Waals surface area contributed by atoms with Gasteiger partial charge in [-0.25, -0.2) is 53.4 Å². The minimum absolute atomic E-state index is 0.0118. The van der Waals surface area contributed by atoms with E-state index in [1.54, 1.807) is 0 Å². The molecule has 0 aromatic carbocycles. The van der Waals surface area contributed by atoms with Crippen LogP contribution in [-0.4, -0.2) is 168 Å². The van der Waals surface area contributed by atoms with Gasteiger partial charge in [-0.1, -0.05) is 0 Å². The van der Waals surface area contributed by atoms with Gasteiger partial charge in [0.15, 0.2) is 34.1 Å². The van der Waals surface area contributed by atoms with Crippen LogP contribution in [0.4, 0.5) is 17.6 Å². The lowest BCUT2D eigenvalue weighted by Crippen LogP contribution is -2.33. The molecule has 7 aromatic heterocycles. The number of rotatable bonds is 20. The number of aryl methyl sites for hydroxylation is 1. The Bertz CT molecular complexity index is 3840. The number of fused-ring (bicyclic) bond motifs is 3. The molecule has 7 aromatic rings. The minimum Gasteiger partial charge on any atom is -0.394 e. The largest absolute Gasteiger partial charge is 0.472 e. The van der Waals surface area contributed by atoms with Gasteiger partial charge in [-0.2, -0.15) is 4.98 Å². The van der Waals surface area contributed by atoms with Gasteiger partial charge in [0.05, 0.1) is 51.5 Å². The Morgan fingerprint density at radius 1 is 0.580 bits per heavy atom. The van der Waals surface area contributed by atoms with Gasteiger partial charge in [-0.05, 0) is 6.92 Å². The van der Waals surface area contributed by atoms with E-state index in [1.165, 1.54) is 45.8 Å². The maximum atomic E-state index is 14.1. The van der Waals surface area contributed by atoms with Crippen LogP contribution in [0, 0.1) is 6.92 Å². The number of aliphatic hydroxyl groups excluding tert-OH is 2. The number of nitrogens with one attached hydrogen (secondary N) is 2. The molecule has 0 spiro atoms. The van der Waals surface area contributed by atoms with Crippen molar-refractivity contribution >= 4 is 74.5 Å². The maximum Gasteiger partial charge on any atom is 0.472 e. The van der Waals surface area contributed by atoms with Crippen LogP contribution >= 0.6 is 23.5 Å². The van der Waals surface area contributed by atoms with Gasteiger partial charge >= 0.3 is 29.2 Å². The molecule has 0 radical (unpaired) electrons. The summed E-state index contributed by atoms with van der Waals surface area (Å²) in [4.78, 5) is 108. The highest BCUT2D eigenvalue weighted by molar-refractivity contribution is 7.48. The molecule has 11 heterocycles. The summed E-state index contributed by atoms with van der Waals surface area (Å²) in [6.45, 7) is -1.75. The molecule has 0 bridgehead atoms. The summed E-state index contributed by atoms with van der Waals surface area (Å²) >= 11 is 0. The Kier molecular flexibility index (Phi) is 15.4. The molecule has 0 aliphatic carbocycles. The standard InChI is InChI=1S/C40H50N17O21P3/c1-16-6-54(40(62)53-37(16)60)26-3-18(21(7-58)72-26)76-80(65,66)70-9-23-20(5-28(74-23)56-14-49-30-33(42)45-12-47-35(30)56)78-81(67,68)71-10-24-19(4-27(75-24)55-13-48-29-32(41)44-11-46-34(29)55)77-79(63,64)69-8-22-17(59)2-25(73-22)57-15-50-31-36(57)51-39(43)52-38(31)61/h6,11-15,17-28,58-59H,2-5,7-10H2,1H3,(H,63,64)(H,65,66)(H,67,68)(H2,41,44,46)(H2,42,45,47)(H,53,60,62)(H3,43,51,52,61)/t17-,18-,19-,20-,21+,22+,23+,24+,25+,26+,27+,28+/m0/s1. The van der Waals surface area contributed by atoms with Crippen molar-refractivity contribution in [3.05, 3.63) is 74.6 Å². The zero-order valence-corrected chi connectivity index (χ0v) is 44.4. The Labute approximate surface area is 450 Å². The molecular formula is C40H50N17O21P3. The van der Waals surface area contributed by atoms with Crippen molar-refractivity contribution in [2.45, 2.75) is 106 Å². The molecule has 13 N–H and O–H groups in total. The lowest BCUT2D eigenvalue weighted by molar-refractivity contribution is -0.0623. The summed E-state index contributed by atoms with van der Waals surface area (Å²) in [5, 5.41) is 21.0. The molecule has 4 fully saturated rings. The second-order valence-corrected chi connectivity index (χ2v) is 23.1. The number of nitrogens with zero attached hydrogens (tertiary/aromatic N) is 12. The summed E-state index contributed by atoms with van der Waals surface area (Å²) in [7, 11) is -15.7. The van der Waals surface area contributed by atoms with E-state index in [9.17, 15) is 53.0 Å². The first-order valence-corrected chi connectivity index (χ1v) is 28.8. The molecule has 15 atom stereocenters. The number of H-pyrrole nitrogens is 2.